The second kappa shape index (κ2) is 6.98. The van der Waals surface area contributed by atoms with Crippen LogP contribution in [0.2, 0.25) is 0 Å². The number of hydrazine groups is 2. The van der Waals surface area contributed by atoms with Crippen molar-refractivity contribution in [3.8, 4) is 0 Å². The maximum Gasteiger partial charge on any atom is 0.205 e. The highest BCUT2D eigenvalue weighted by molar-refractivity contribution is 8.14. The van der Waals surface area contributed by atoms with Gasteiger partial charge in [0.2, 0.25) is 5.17 Å². The molecular weight excluding hydrogens is 334 g/mol. The van der Waals surface area contributed by atoms with Gasteiger partial charge in [-0.25, -0.2) is 19.3 Å². The van der Waals surface area contributed by atoms with E-state index in [9.17, 15) is 13.6 Å². The summed E-state index contributed by atoms with van der Waals surface area (Å²) in [5, 5.41) is 6.26. The van der Waals surface area contributed by atoms with Gasteiger partial charge in [-0.3, -0.25) is 4.79 Å². The Bertz CT molecular complexity index is 795. The van der Waals surface area contributed by atoms with E-state index in [1.165, 1.54) is 0 Å². The Kier molecular flexibility index (Phi) is 4.77. The molecule has 124 valence electrons. The minimum absolute atomic E-state index is 0.0207. The van der Waals surface area contributed by atoms with E-state index in [4.69, 9.17) is 0 Å². The summed E-state index contributed by atoms with van der Waals surface area (Å²) in [7, 11) is 0. The van der Waals surface area contributed by atoms with Crippen LogP contribution in [0.5, 0.6) is 0 Å². The fourth-order valence-electron chi connectivity index (χ4n) is 2.11. The number of halogens is 2. The summed E-state index contributed by atoms with van der Waals surface area (Å²) >= 11 is 1.15. The quantitative estimate of drug-likeness (QED) is 0.832. The molecule has 0 atom stereocenters. The maximum absolute atomic E-state index is 13.6. The van der Waals surface area contributed by atoms with E-state index in [1.807, 2.05) is 31.2 Å². The van der Waals surface area contributed by atoms with Gasteiger partial charge in [-0.15, -0.1) is 10.6 Å². The first kappa shape index (κ1) is 16.4. The number of ketones is 1. The first-order chi connectivity index (χ1) is 11.5. The number of benzene rings is 2. The van der Waals surface area contributed by atoms with Gasteiger partial charge in [0.1, 0.15) is 11.6 Å². The highest BCUT2D eigenvalue weighted by Crippen LogP contribution is 2.21. The lowest BCUT2D eigenvalue weighted by Crippen LogP contribution is -2.40. The number of aryl methyl sites for hydroxylation is 1. The zero-order valence-corrected chi connectivity index (χ0v) is 13.5. The van der Waals surface area contributed by atoms with E-state index in [1.54, 1.807) is 5.01 Å². The van der Waals surface area contributed by atoms with Gasteiger partial charge in [0.15, 0.2) is 5.78 Å². The summed E-state index contributed by atoms with van der Waals surface area (Å²) in [6, 6.07) is 10.6. The van der Waals surface area contributed by atoms with Crippen molar-refractivity contribution in [3.05, 3.63) is 65.2 Å². The van der Waals surface area contributed by atoms with E-state index in [0.29, 0.717) is 11.2 Å². The number of carbonyl (C=O) groups is 1. The van der Waals surface area contributed by atoms with Crippen LogP contribution in [-0.4, -0.2) is 16.7 Å². The van der Waals surface area contributed by atoms with Gasteiger partial charge in [0, 0.05) is 6.07 Å². The maximum atomic E-state index is 13.6. The molecule has 1 aliphatic rings. The summed E-state index contributed by atoms with van der Waals surface area (Å²) in [6.07, 6.45) is 0. The van der Waals surface area contributed by atoms with E-state index in [0.717, 1.165) is 35.1 Å². The molecule has 0 saturated heterocycles. The van der Waals surface area contributed by atoms with Crippen LogP contribution >= 0.6 is 11.8 Å². The number of hydrazone groups is 1. The Hall–Kier alpha value is -2.45. The lowest BCUT2D eigenvalue weighted by Gasteiger charge is -2.18. The Labute approximate surface area is 141 Å². The van der Waals surface area contributed by atoms with Crippen LogP contribution in [0.15, 0.2) is 47.6 Å². The number of nitrogens with one attached hydrogen (secondary N) is 2. The Balaban J connectivity index is 1.67. The van der Waals surface area contributed by atoms with Crippen LogP contribution in [0.1, 0.15) is 15.9 Å². The second-order valence-electron chi connectivity index (χ2n) is 5.12. The van der Waals surface area contributed by atoms with Crippen LogP contribution in [0, 0.1) is 18.6 Å². The number of Topliss-reactive ketones (excluding diaryl/α,β-unsaturated/α-hetero) is 1. The van der Waals surface area contributed by atoms with Gasteiger partial charge in [0.05, 0.1) is 17.0 Å². The Morgan fingerprint density at radius 1 is 1.21 bits per heavy atom. The van der Waals surface area contributed by atoms with Crippen LogP contribution in [0.4, 0.5) is 14.5 Å². The number of carbonyl (C=O) groups excluding carboxylic acids is 1. The highest BCUT2D eigenvalue weighted by atomic mass is 32.2. The van der Waals surface area contributed by atoms with Crippen LogP contribution in [0.3, 0.4) is 0 Å². The summed E-state index contributed by atoms with van der Waals surface area (Å²) < 4.78 is 26.6. The average Bonchev–Trinajstić information content (AvgIpc) is 3.02. The molecule has 2 N–H and O–H groups in total. The first-order valence-electron chi connectivity index (χ1n) is 7.11. The average molecular weight is 348 g/mol. The number of hydrogen-bond acceptors (Lipinski definition) is 6. The summed E-state index contributed by atoms with van der Waals surface area (Å²) in [6.45, 7) is 1.99. The topological polar surface area (TPSA) is 56.7 Å². The molecule has 2 aromatic carbocycles. The van der Waals surface area contributed by atoms with Crippen molar-refractivity contribution in [1.29, 1.82) is 0 Å². The van der Waals surface area contributed by atoms with Gasteiger partial charge in [-0.05, 0) is 31.2 Å². The fourth-order valence-corrected chi connectivity index (χ4v) is 2.92. The lowest BCUT2D eigenvalue weighted by atomic mass is 10.1. The SMILES string of the molecule is Cc1ccc(N2NNN=C2SCC(=O)c2ccc(F)cc2F)cc1. The molecule has 1 aliphatic heterocycles. The number of hydrogen-bond donors (Lipinski definition) is 2. The van der Waals surface area contributed by atoms with Crippen molar-refractivity contribution in [3.63, 3.8) is 0 Å². The van der Waals surface area contributed by atoms with Crippen LogP contribution in [0.25, 0.3) is 0 Å². The molecule has 0 aromatic heterocycles. The molecule has 0 amide bonds. The minimum atomic E-state index is -0.861. The number of thioether (sulfide) groups is 1. The van der Waals surface area contributed by atoms with Gasteiger partial charge in [-0.2, -0.15) is 0 Å². The molecule has 0 spiro atoms. The number of rotatable bonds is 4. The molecular formula is C16H14F2N4OS. The van der Waals surface area contributed by atoms with Gasteiger partial charge in [-0.1, -0.05) is 29.5 Å². The largest absolute Gasteiger partial charge is 0.293 e. The summed E-state index contributed by atoms with van der Waals surface area (Å²) in [4.78, 5) is 12.1. The molecule has 0 bridgehead atoms. The number of nitrogens with zero attached hydrogens (tertiary/aromatic N) is 2. The molecule has 3 rings (SSSR count). The van der Waals surface area contributed by atoms with Gasteiger partial charge >= 0.3 is 0 Å². The van der Waals surface area contributed by atoms with Crippen LogP contribution in [-0.2, 0) is 0 Å². The molecule has 0 fully saturated rings. The molecule has 0 aliphatic carbocycles. The van der Waals surface area contributed by atoms with Gasteiger partial charge < -0.3 is 0 Å². The molecule has 24 heavy (non-hydrogen) atoms. The minimum Gasteiger partial charge on any atom is -0.293 e. The van der Waals surface area contributed by atoms with Gasteiger partial charge in [0.25, 0.3) is 0 Å². The molecule has 8 heteroatoms. The third-order valence-electron chi connectivity index (χ3n) is 3.36. The zero-order valence-electron chi connectivity index (χ0n) is 12.7. The third kappa shape index (κ3) is 3.55. The third-order valence-corrected chi connectivity index (χ3v) is 4.30. The van der Waals surface area contributed by atoms with Crippen molar-refractivity contribution in [1.82, 2.24) is 11.1 Å². The molecule has 5 nitrogen and oxygen atoms in total. The molecule has 0 saturated carbocycles. The van der Waals surface area contributed by atoms with Crippen molar-refractivity contribution < 1.29 is 13.6 Å². The zero-order chi connectivity index (χ0) is 17.1. The molecule has 2 aromatic rings. The van der Waals surface area contributed by atoms with E-state index in [-0.39, 0.29) is 11.3 Å². The number of amidine groups is 1. The molecule has 1 heterocycles. The predicted molar refractivity (Wildman–Crippen MR) is 90.5 cm³/mol. The molecule has 0 unspecified atom stereocenters. The van der Waals surface area contributed by atoms with Crippen molar-refractivity contribution >= 4 is 28.4 Å². The highest BCUT2D eigenvalue weighted by Gasteiger charge is 2.21. The normalized spacial score (nSPS) is 13.6. The van der Waals surface area contributed by atoms with E-state index in [2.05, 4.69) is 16.2 Å². The monoisotopic (exact) mass is 348 g/mol. The fraction of sp³-hybridized carbons (Fsp3) is 0.125. The van der Waals surface area contributed by atoms with Crippen molar-refractivity contribution in [2.24, 2.45) is 5.10 Å². The standard InChI is InChI=1S/C16H14F2N4OS/c1-10-2-5-12(6-3-10)22-16(19-20-21-22)24-9-15(23)13-7-4-11(17)8-14(13)18/h2-8,20-21H,9H2,1H3. The van der Waals surface area contributed by atoms with Crippen molar-refractivity contribution in [2.75, 3.05) is 10.8 Å². The van der Waals surface area contributed by atoms with E-state index < -0.39 is 17.4 Å². The van der Waals surface area contributed by atoms with Crippen molar-refractivity contribution in [2.45, 2.75) is 6.92 Å². The smallest absolute Gasteiger partial charge is 0.205 e. The summed E-state index contributed by atoms with van der Waals surface area (Å²) in [5.74, 6) is -2.03. The lowest BCUT2D eigenvalue weighted by molar-refractivity contribution is 0.101. The second-order valence-corrected chi connectivity index (χ2v) is 6.07. The van der Waals surface area contributed by atoms with Crippen LogP contribution < -0.4 is 16.1 Å². The first-order valence-corrected chi connectivity index (χ1v) is 8.09. The summed E-state index contributed by atoms with van der Waals surface area (Å²) in [5.41, 5.74) is 7.31. The Morgan fingerprint density at radius 2 is 1.96 bits per heavy atom. The number of anilines is 1. The van der Waals surface area contributed by atoms with E-state index >= 15 is 0 Å². The Morgan fingerprint density at radius 3 is 2.67 bits per heavy atom. The predicted octanol–water partition coefficient (Wildman–Crippen LogP) is 2.99. The molecule has 0 radical (unpaired) electrons.